The van der Waals surface area contributed by atoms with Crippen molar-refractivity contribution in [2.24, 2.45) is 0 Å². The van der Waals surface area contributed by atoms with Gasteiger partial charge in [0.25, 0.3) is 0 Å². The maximum absolute atomic E-state index is 12.9. The maximum Gasteiger partial charge on any atom is 0.153 e. The Bertz CT molecular complexity index is 602. The third-order valence-corrected chi connectivity index (χ3v) is 3.00. The lowest BCUT2D eigenvalue weighted by Crippen LogP contribution is -1.91. The van der Waals surface area contributed by atoms with Crippen LogP contribution in [0.25, 0.3) is 0 Å². The SMILES string of the molecule is O=Cc1cc(Br)ccc1Oc1ccc(F)cc1Cl. The molecule has 0 bridgehead atoms. The number of benzene rings is 2. The summed E-state index contributed by atoms with van der Waals surface area (Å²) >= 11 is 9.10. The third-order valence-electron chi connectivity index (χ3n) is 2.21. The van der Waals surface area contributed by atoms with E-state index < -0.39 is 5.82 Å². The Labute approximate surface area is 116 Å². The van der Waals surface area contributed by atoms with Crippen LogP contribution in [0.2, 0.25) is 5.02 Å². The van der Waals surface area contributed by atoms with Gasteiger partial charge in [-0.1, -0.05) is 27.5 Å². The largest absolute Gasteiger partial charge is 0.455 e. The molecule has 92 valence electrons. The zero-order valence-electron chi connectivity index (χ0n) is 8.99. The van der Waals surface area contributed by atoms with Gasteiger partial charge in [0.05, 0.1) is 10.6 Å². The van der Waals surface area contributed by atoms with Gasteiger partial charge in [0.15, 0.2) is 6.29 Å². The van der Waals surface area contributed by atoms with Crippen molar-refractivity contribution in [2.75, 3.05) is 0 Å². The zero-order chi connectivity index (χ0) is 13.1. The summed E-state index contributed by atoms with van der Waals surface area (Å²) in [5.74, 6) is 0.212. The number of hydrogen-bond donors (Lipinski definition) is 0. The maximum atomic E-state index is 12.9. The smallest absolute Gasteiger partial charge is 0.153 e. The van der Waals surface area contributed by atoms with Gasteiger partial charge in [0.1, 0.15) is 17.3 Å². The van der Waals surface area contributed by atoms with Gasteiger partial charge in [-0.3, -0.25) is 4.79 Å². The molecule has 2 rings (SSSR count). The molecule has 0 aliphatic heterocycles. The average Bonchev–Trinajstić information content (AvgIpc) is 2.34. The highest BCUT2D eigenvalue weighted by atomic mass is 79.9. The summed E-state index contributed by atoms with van der Waals surface area (Å²) in [4.78, 5) is 10.9. The Hall–Kier alpha value is -1.39. The molecule has 18 heavy (non-hydrogen) atoms. The van der Waals surface area contributed by atoms with Gasteiger partial charge in [-0.2, -0.15) is 0 Å². The van der Waals surface area contributed by atoms with E-state index in [4.69, 9.17) is 16.3 Å². The van der Waals surface area contributed by atoms with Gasteiger partial charge < -0.3 is 4.74 Å². The number of ether oxygens (including phenoxy) is 1. The second kappa shape index (κ2) is 5.50. The van der Waals surface area contributed by atoms with Crippen molar-refractivity contribution in [1.82, 2.24) is 0 Å². The molecule has 0 saturated carbocycles. The number of carbonyl (C=O) groups excluding carboxylic acids is 1. The van der Waals surface area contributed by atoms with E-state index in [9.17, 15) is 9.18 Å². The fraction of sp³-hybridized carbons (Fsp3) is 0. The number of hydrogen-bond acceptors (Lipinski definition) is 2. The van der Waals surface area contributed by atoms with E-state index in [1.165, 1.54) is 12.1 Å². The van der Waals surface area contributed by atoms with E-state index in [0.29, 0.717) is 23.3 Å². The predicted molar refractivity (Wildman–Crippen MR) is 71.0 cm³/mol. The second-order valence-electron chi connectivity index (χ2n) is 3.48. The summed E-state index contributed by atoms with van der Waals surface area (Å²) in [6, 6.07) is 8.79. The Balaban J connectivity index is 2.36. The zero-order valence-corrected chi connectivity index (χ0v) is 11.3. The molecule has 2 aromatic rings. The van der Waals surface area contributed by atoms with Crippen molar-refractivity contribution in [3.8, 4) is 11.5 Å². The Kier molecular flexibility index (Phi) is 3.99. The highest BCUT2D eigenvalue weighted by Gasteiger charge is 2.08. The number of rotatable bonds is 3. The summed E-state index contributed by atoms with van der Waals surface area (Å²) in [6.07, 6.45) is 0.678. The molecule has 0 spiro atoms. The molecule has 0 fully saturated rings. The van der Waals surface area contributed by atoms with Crippen molar-refractivity contribution in [3.05, 3.63) is 57.3 Å². The second-order valence-corrected chi connectivity index (χ2v) is 4.80. The molecule has 0 aromatic heterocycles. The van der Waals surface area contributed by atoms with E-state index in [1.54, 1.807) is 18.2 Å². The molecule has 5 heteroatoms. The van der Waals surface area contributed by atoms with Crippen LogP contribution >= 0.6 is 27.5 Å². The van der Waals surface area contributed by atoms with E-state index in [-0.39, 0.29) is 5.02 Å². The van der Waals surface area contributed by atoms with E-state index >= 15 is 0 Å². The summed E-state index contributed by atoms with van der Waals surface area (Å²) in [5, 5.41) is 0.148. The normalized spacial score (nSPS) is 10.2. The van der Waals surface area contributed by atoms with Crippen molar-refractivity contribution in [1.29, 1.82) is 0 Å². The molecule has 0 heterocycles. The first-order chi connectivity index (χ1) is 8.60. The van der Waals surface area contributed by atoms with E-state index in [1.807, 2.05) is 0 Å². The minimum atomic E-state index is -0.446. The van der Waals surface area contributed by atoms with E-state index in [0.717, 1.165) is 10.5 Å². The lowest BCUT2D eigenvalue weighted by molar-refractivity contribution is 0.112. The molecule has 0 N–H and O–H groups in total. The average molecular weight is 330 g/mol. The number of carbonyl (C=O) groups is 1. The first-order valence-corrected chi connectivity index (χ1v) is 6.15. The van der Waals surface area contributed by atoms with Crippen LogP contribution < -0.4 is 4.74 Å². The van der Waals surface area contributed by atoms with Crippen molar-refractivity contribution in [2.45, 2.75) is 0 Å². The molecule has 0 aliphatic rings. The minimum Gasteiger partial charge on any atom is -0.455 e. The van der Waals surface area contributed by atoms with Gasteiger partial charge in [-0.25, -0.2) is 4.39 Å². The van der Waals surface area contributed by atoms with Crippen LogP contribution in [-0.2, 0) is 0 Å². The molecule has 0 amide bonds. The van der Waals surface area contributed by atoms with Gasteiger partial charge >= 0.3 is 0 Å². The topological polar surface area (TPSA) is 26.3 Å². The third kappa shape index (κ3) is 2.89. The highest BCUT2D eigenvalue weighted by Crippen LogP contribution is 2.32. The highest BCUT2D eigenvalue weighted by molar-refractivity contribution is 9.10. The molecule has 2 aromatic carbocycles. The Morgan fingerprint density at radius 2 is 1.89 bits per heavy atom. The number of halogens is 3. The first kappa shape index (κ1) is 13.1. The Morgan fingerprint density at radius 3 is 2.56 bits per heavy atom. The van der Waals surface area contributed by atoms with Crippen molar-refractivity contribution >= 4 is 33.8 Å². The van der Waals surface area contributed by atoms with E-state index in [2.05, 4.69) is 15.9 Å². The van der Waals surface area contributed by atoms with Crippen molar-refractivity contribution < 1.29 is 13.9 Å². The van der Waals surface area contributed by atoms with Gasteiger partial charge in [0, 0.05) is 4.47 Å². The van der Waals surface area contributed by atoms with Crippen LogP contribution in [0.3, 0.4) is 0 Å². The van der Waals surface area contributed by atoms with Gasteiger partial charge in [0.2, 0.25) is 0 Å². The molecular formula is C13H7BrClFO2. The molecule has 0 unspecified atom stereocenters. The van der Waals surface area contributed by atoms with Crippen LogP contribution in [0.5, 0.6) is 11.5 Å². The minimum absolute atomic E-state index is 0.148. The quantitative estimate of drug-likeness (QED) is 0.753. The standard InChI is InChI=1S/C13H7BrClFO2/c14-9-1-3-12(8(5-9)7-17)18-13-4-2-10(16)6-11(13)15/h1-7H. The van der Waals surface area contributed by atoms with Gasteiger partial charge in [-0.15, -0.1) is 0 Å². The van der Waals surface area contributed by atoms with Crippen LogP contribution in [0.15, 0.2) is 40.9 Å². The lowest BCUT2D eigenvalue weighted by Gasteiger charge is -2.09. The van der Waals surface area contributed by atoms with Gasteiger partial charge in [-0.05, 0) is 36.4 Å². The predicted octanol–water partition coefficient (Wildman–Crippen LogP) is 4.85. The molecule has 0 aliphatic carbocycles. The number of aldehydes is 1. The summed E-state index contributed by atoms with van der Waals surface area (Å²) < 4.78 is 19.1. The summed E-state index contributed by atoms with van der Waals surface area (Å²) in [6.45, 7) is 0. The molecule has 0 saturated heterocycles. The molecule has 2 nitrogen and oxygen atoms in total. The monoisotopic (exact) mass is 328 g/mol. The van der Waals surface area contributed by atoms with Crippen LogP contribution in [-0.4, -0.2) is 6.29 Å². The fourth-order valence-corrected chi connectivity index (χ4v) is 1.97. The molecule has 0 radical (unpaired) electrons. The molecular weight excluding hydrogens is 322 g/mol. The first-order valence-electron chi connectivity index (χ1n) is 4.98. The fourth-order valence-electron chi connectivity index (χ4n) is 1.38. The van der Waals surface area contributed by atoms with Crippen LogP contribution in [0.4, 0.5) is 4.39 Å². The Morgan fingerprint density at radius 1 is 1.17 bits per heavy atom. The lowest BCUT2D eigenvalue weighted by atomic mass is 10.2. The van der Waals surface area contributed by atoms with Crippen molar-refractivity contribution in [3.63, 3.8) is 0 Å². The molecule has 0 atom stereocenters. The summed E-state index contributed by atoms with van der Waals surface area (Å²) in [7, 11) is 0. The summed E-state index contributed by atoms with van der Waals surface area (Å²) in [5.41, 5.74) is 0.379. The van der Waals surface area contributed by atoms with Crippen LogP contribution in [0, 0.1) is 5.82 Å². The van der Waals surface area contributed by atoms with Crippen LogP contribution in [0.1, 0.15) is 10.4 Å².